The van der Waals surface area contributed by atoms with Crippen molar-refractivity contribution in [2.24, 2.45) is 46.3 Å². The molecule has 0 amide bonds. The molecule has 0 bridgehead atoms. The molecule has 0 aromatic rings. The number of methoxy groups -OCH3 is 1. The first-order valence-electron chi connectivity index (χ1n) is 15.5. The molecule has 2 N–H and O–H groups in total. The van der Waals surface area contributed by atoms with Crippen LogP contribution in [0.2, 0.25) is 0 Å². The lowest BCUT2D eigenvalue weighted by Crippen LogP contribution is -2.60. The molecule has 7 heteroatoms. The minimum absolute atomic E-state index is 0.120. The zero-order valence-electron chi connectivity index (χ0n) is 25.2. The second-order valence-corrected chi connectivity index (χ2v) is 16.7. The van der Waals surface area contributed by atoms with Crippen LogP contribution in [-0.2, 0) is 19.4 Å². The van der Waals surface area contributed by atoms with E-state index >= 15 is 0 Å². The van der Waals surface area contributed by atoms with Crippen LogP contribution in [-0.4, -0.2) is 58.2 Å². The summed E-state index contributed by atoms with van der Waals surface area (Å²) >= 11 is 0. The third kappa shape index (κ3) is 5.86. The van der Waals surface area contributed by atoms with Crippen LogP contribution >= 0.6 is 0 Å². The van der Waals surface area contributed by atoms with Gasteiger partial charge in [-0.1, -0.05) is 34.6 Å². The molecule has 4 aliphatic rings. The van der Waals surface area contributed by atoms with E-state index in [1.54, 1.807) is 0 Å². The first-order chi connectivity index (χ1) is 17.8. The highest BCUT2D eigenvalue weighted by atomic mass is 32.2. The molecule has 220 valence electrons. The highest BCUT2D eigenvalue weighted by molar-refractivity contribution is 7.91. The molecule has 0 heterocycles. The maximum atomic E-state index is 13.4. The van der Waals surface area contributed by atoms with Gasteiger partial charge in [-0.3, -0.25) is 4.79 Å². The normalized spacial score (nSPS) is 41.7. The van der Waals surface area contributed by atoms with E-state index < -0.39 is 9.84 Å². The number of ether oxygens (including phenoxy) is 1. The quantitative estimate of drug-likeness (QED) is 0.286. The van der Waals surface area contributed by atoms with Crippen molar-refractivity contribution in [2.75, 3.05) is 26.5 Å². The minimum Gasteiger partial charge on any atom is -0.469 e. The maximum Gasteiger partial charge on any atom is 0.305 e. The van der Waals surface area contributed by atoms with Crippen LogP contribution in [0.25, 0.3) is 0 Å². The molecule has 0 aromatic heterocycles. The van der Waals surface area contributed by atoms with E-state index in [1.807, 2.05) is 0 Å². The molecule has 4 unspecified atom stereocenters. The summed E-state index contributed by atoms with van der Waals surface area (Å²) in [7, 11) is -1.67. The fourth-order valence-electron chi connectivity index (χ4n) is 10.1. The van der Waals surface area contributed by atoms with Crippen molar-refractivity contribution in [3.63, 3.8) is 0 Å². The van der Waals surface area contributed by atoms with Gasteiger partial charge in [-0.05, 0) is 104 Å². The van der Waals surface area contributed by atoms with Crippen LogP contribution in [0.4, 0.5) is 0 Å². The number of carbonyl (C=O) groups excluding carboxylic acids is 1. The van der Waals surface area contributed by atoms with Crippen LogP contribution in [0.3, 0.4) is 0 Å². The number of nitrogens with one attached hydrogen (secondary N) is 2. The molecular formula is C31H56N2O4S. The van der Waals surface area contributed by atoms with E-state index in [9.17, 15) is 13.2 Å². The Morgan fingerprint density at radius 3 is 2.32 bits per heavy atom. The summed E-state index contributed by atoms with van der Waals surface area (Å²) in [5.74, 6) is 2.63. The van der Waals surface area contributed by atoms with E-state index in [0.29, 0.717) is 48.1 Å². The van der Waals surface area contributed by atoms with Crippen molar-refractivity contribution in [1.29, 1.82) is 0 Å². The van der Waals surface area contributed by atoms with Crippen molar-refractivity contribution in [2.45, 2.75) is 116 Å². The summed E-state index contributed by atoms with van der Waals surface area (Å²) in [5, 5.41) is 7.09. The fourth-order valence-corrected chi connectivity index (χ4v) is 11.6. The third-order valence-electron chi connectivity index (χ3n) is 12.1. The predicted octanol–water partition coefficient (Wildman–Crippen LogP) is 5.21. The Morgan fingerprint density at radius 2 is 1.66 bits per heavy atom. The van der Waals surface area contributed by atoms with Gasteiger partial charge in [-0.2, -0.15) is 0 Å². The van der Waals surface area contributed by atoms with Gasteiger partial charge in [0.1, 0.15) is 0 Å². The number of fused-ring (bicyclic) bond motifs is 5. The molecule has 6 nitrogen and oxygen atoms in total. The molecule has 4 saturated carbocycles. The summed E-state index contributed by atoms with van der Waals surface area (Å²) in [4.78, 5) is 11.8. The van der Waals surface area contributed by atoms with Gasteiger partial charge >= 0.3 is 5.97 Å². The largest absolute Gasteiger partial charge is 0.469 e. The molecule has 4 aliphatic carbocycles. The fraction of sp³-hybridized carbons (Fsp3) is 0.968. The molecule has 38 heavy (non-hydrogen) atoms. The number of hydrogen-bond donors (Lipinski definition) is 2. The third-order valence-corrected chi connectivity index (χ3v) is 13.7. The monoisotopic (exact) mass is 552 g/mol. The van der Waals surface area contributed by atoms with Crippen molar-refractivity contribution in [3.8, 4) is 0 Å². The summed E-state index contributed by atoms with van der Waals surface area (Å²) in [5.41, 5.74) is 0.418. The number of hydrogen-bond acceptors (Lipinski definition) is 6. The van der Waals surface area contributed by atoms with E-state index in [0.717, 1.165) is 45.2 Å². The van der Waals surface area contributed by atoms with E-state index in [-0.39, 0.29) is 28.0 Å². The SMILES string of the molecule is COC(=O)CCC(C)[C@H]1CCC2C3C(CC[C@@]21C)[C@@]1(C)CC[C@H](NCCNC(C)C)C[C@@H]1C[C@H]3S(C)(=O)=O. The van der Waals surface area contributed by atoms with Crippen LogP contribution in [0.1, 0.15) is 98.8 Å². The van der Waals surface area contributed by atoms with Gasteiger partial charge in [-0.15, -0.1) is 0 Å². The van der Waals surface area contributed by atoms with Crippen molar-refractivity contribution >= 4 is 15.8 Å². The summed E-state index contributed by atoms with van der Waals surface area (Å²) in [6, 6.07) is 0.999. The van der Waals surface area contributed by atoms with Crippen molar-refractivity contribution in [3.05, 3.63) is 0 Å². The van der Waals surface area contributed by atoms with Gasteiger partial charge in [0.15, 0.2) is 9.84 Å². The molecule has 0 aliphatic heterocycles. The first kappa shape index (κ1) is 30.3. The van der Waals surface area contributed by atoms with Crippen LogP contribution in [0.5, 0.6) is 0 Å². The first-order valence-corrected chi connectivity index (χ1v) is 17.5. The van der Waals surface area contributed by atoms with Crippen LogP contribution < -0.4 is 10.6 Å². The maximum absolute atomic E-state index is 13.4. The highest BCUT2D eigenvalue weighted by Crippen LogP contribution is 2.69. The molecule has 0 saturated heterocycles. The number of sulfone groups is 1. The number of carbonyl (C=O) groups is 1. The van der Waals surface area contributed by atoms with Crippen molar-refractivity contribution in [1.82, 2.24) is 10.6 Å². The second-order valence-electron chi connectivity index (χ2n) is 14.5. The van der Waals surface area contributed by atoms with Gasteiger partial charge in [0, 0.05) is 37.8 Å². The molecular weight excluding hydrogens is 496 g/mol. The van der Waals surface area contributed by atoms with E-state index in [1.165, 1.54) is 39.0 Å². The van der Waals surface area contributed by atoms with Crippen LogP contribution in [0.15, 0.2) is 0 Å². The lowest BCUT2D eigenvalue weighted by molar-refractivity contribution is -0.141. The van der Waals surface area contributed by atoms with Gasteiger partial charge in [0.25, 0.3) is 0 Å². The minimum atomic E-state index is -3.14. The zero-order chi connectivity index (χ0) is 27.9. The van der Waals surface area contributed by atoms with Gasteiger partial charge in [-0.25, -0.2) is 8.42 Å². The Kier molecular flexibility index (Phi) is 9.31. The standard InChI is InChI=1S/C31H56N2O4S/c1-20(2)32-16-17-33-23-12-14-30(4)22(18-23)19-27(38(7,35)36)29-25-10-9-24(21(3)8-11-28(34)37-6)31(25,5)15-13-26(29)30/h20-27,29,32-33H,8-19H2,1-7H3/t21?,22-,23+,24-,25?,26?,27-,29?,30+,31-/m1/s1. The summed E-state index contributed by atoms with van der Waals surface area (Å²) < 4.78 is 31.7. The van der Waals surface area contributed by atoms with E-state index in [2.05, 4.69) is 45.3 Å². The summed E-state index contributed by atoms with van der Waals surface area (Å²) in [6.45, 7) is 13.6. The smallest absolute Gasteiger partial charge is 0.305 e. The Morgan fingerprint density at radius 1 is 0.974 bits per heavy atom. The Hall–Kier alpha value is -0.660. The molecule has 4 fully saturated rings. The average Bonchev–Trinajstić information content (AvgIpc) is 3.21. The average molecular weight is 553 g/mol. The Labute approximate surface area is 233 Å². The molecule has 0 spiro atoms. The zero-order valence-corrected chi connectivity index (χ0v) is 26.0. The van der Waals surface area contributed by atoms with Gasteiger partial charge in [0.2, 0.25) is 0 Å². The topological polar surface area (TPSA) is 84.5 Å². The van der Waals surface area contributed by atoms with E-state index in [4.69, 9.17) is 4.74 Å². The Bertz CT molecular complexity index is 938. The lowest BCUT2D eigenvalue weighted by atomic mass is 9.44. The Balaban J connectivity index is 1.52. The lowest BCUT2D eigenvalue weighted by Gasteiger charge is -2.63. The van der Waals surface area contributed by atoms with Gasteiger partial charge in [0.05, 0.1) is 12.4 Å². The van der Waals surface area contributed by atoms with Crippen LogP contribution in [0, 0.1) is 46.3 Å². The second kappa shape index (κ2) is 11.7. The number of esters is 1. The van der Waals surface area contributed by atoms with Gasteiger partial charge < -0.3 is 15.4 Å². The summed E-state index contributed by atoms with van der Waals surface area (Å²) in [6.07, 6.45) is 11.9. The number of rotatable bonds is 10. The molecule has 0 aromatic carbocycles. The predicted molar refractivity (Wildman–Crippen MR) is 155 cm³/mol. The molecule has 4 rings (SSSR count). The molecule has 0 radical (unpaired) electrons. The molecule has 10 atom stereocenters. The van der Waals surface area contributed by atoms with Crippen molar-refractivity contribution < 1.29 is 17.9 Å². The highest BCUT2D eigenvalue weighted by Gasteiger charge is 2.64.